The fourth-order valence-electron chi connectivity index (χ4n) is 1.10. The Balaban J connectivity index is 2.32. The molecule has 0 aromatic rings. The summed E-state index contributed by atoms with van der Waals surface area (Å²) in [5, 5.41) is 20.1. The van der Waals surface area contributed by atoms with E-state index in [1.807, 2.05) is 0 Å². The minimum absolute atomic E-state index is 0.192. The topological polar surface area (TPSA) is 95.9 Å². The van der Waals surface area contributed by atoms with Crippen LogP contribution < -0.4 is 5.32 Å². The van der Waals surface area contributed by atoms with Crippen molar-refractivity contribution in [1.82, 2.24) is 5.32 Å². The SMILES string of the molecule is CC(O)(O)COC(=O)C1CCC(=O)N1. The third kappa shape index (κ3) is 3.31. The highest BCUT2D eigenvalue weighted by Crippen LogP contribution is 2.09. The minimum Gasteiger partial charge on any atom is -0.458 e. The number of hydrogen-bond acceptors (Lipinski definition) is 5. The van der Waals surface area contributed by atoms with Crippen molar-refractivity contribution in [2.24, 2.45) is 0 Å². The average Bonchev–Trinajstić information content (AvgIpc) is 2.46. The Bertz CT molecular complexity index is 245. The largest absolute Gasteiger partial charge is 0.458 e. The first kappa shape index (κ1) is 10.9. The van der Waals surface area contributed by atoms with Crippen LogP contribution in [0.1, 0.15) is 19.8 Å². The molecule has 0 radical (unpaired) electrons. The molecule has 1 atom stereocenters. The number of carbonyl (C=O) groups is 2. The highest BCUT2D eigenvalue weighted by atomic mass is 16.6. The summed E-state index contributed by atoms with van der Waals surface area (Å²) in [6.07, 6.45) is 0.695. The summed E-state index contributed by atoms with van der Waals surface area (Å²) >= 11 is 0. The van der Waals surface area contributed by atoms with Crippen molar-refractivity contribution in [2.75, 3.05) is 6.61 Å². The van der Waals surface area contributed by atoms with E-state index >= 15 is 0 Å². The number of carbonyl (C=O) groups excluding carboxylic acids is 2. The van der Waals surface area contributed by atoms with Gasteiger partial charge in [-0.15, -0.1) is 0 Å². The highest BCUT2D eigenvalue weighted by molar-refractivity contribution is 5.88. The first-order chi connectivity index (χ1) is 6.38. The van der Waals surface area contributed by atoms with Gasteiger partial charge in [-0.1, -0.05) is 0 Å². The van der Waals surface area contributed by atoms with Crippen molar-refractivity contribution in [3.63, 3.8) is 0 Å². The summed E-state index contributed by atoms with van der Waals surface area (Å²) in [5.74, 6) is -2.86. The summed E-state index contributed by atoms with van der Waals surface area (Å²) < 4.78 is 4.59. The maximum absolute atomic E-state index is 11.2. The first-order valence-electron chi connectivity index (χ1n) is 4.29. The Hall–Kier alpha value is -1.14. The molecule has 0 saturated carbocycles. The second kappa shape index (κ2) is 3.93. The van der Waals surface area contributed by atoms with Gasteiger partial charge in [0.25, 0.3) is 0 Å². The zero-order valence-corrected chi connectivity index (χ0v) is 7.82. The molecule has 1 saturated heterocycles. The normalized spacial score (nSPS) is 21.9. The van der Waals surface area contributed by atoms with Crippen LogP contribution in [0.25, 0.3) is 0 Å². The summed E-state index contributed by atoms with van der Waals surface area (Å²) in [6.45, 7) is 0.603. The van der Waals surface area contributed by atoms with Gasteiger partial charge in [-0.2, -0.15) is 0 Å². The molecule has 0 bridgehead atoms. The van der Waals surface area contributed by atoms with Gasteiger partial charge in [-0.3, -0.25) is 4.79 Å². The van der Waals surface area contributed by atoms with E-state index in [-0.39, 0.29) is 5.91 Å². The molecule has 0 aromatic carbocycles. The molecule has 1 amide bonds. The van der Waals surface area contributed by atoms with Gasteiger partial charge in [0.2, 0.25) is 5.91 Å². The molecule has 1 heterocycles. The lowest BCUT2D eigenvalue weighted by Gasteiger charge is -2.17. The predicted molar refractivity (Wildman–Crippen MR) is 45.0 cm³/mol. The first-order valence-corrected chi connectivity index (χ1v) is 4.29. The van der Waals surface area contributed by atoms with E-state index in [1.54, 1.807) is 0 Å². The summed E-state index contributed by atoms with van der Waals surface area (Å²) in [6, 6.07) is -0.648. The van der Waals surface area contributed by atoms with E-state index in [0.717, 1.165) is 6.92 Å². The van der Waals surface area contributed by atoms with E-state index in [9.17, 15) is 9.59 Å². The fourth-order valence-corrected chi connectivity index (χ4v) is 1.10. The Kier molecular flexibility index (Phi) is 3.07. The Morgan fingerprint density at radius 1 is 1.71 bits per heavy atom. The van der Waals surface area contributed by atoms with E-state index in [2.05, 4.69) is 10.1 Å². The van der Waals surface area contributed by atoms with Crippen molar-refractivity contribution in [3.05, 3.63) is 0 Å². The van der Waals surface area contributed by atoms with Crippen LogP contribution in [-0.2, 0) is 14.3 Å². The second-order valence-corrected chi connectivity index (χ2v) is 3.48. The number of nitrogens with one attached hydrogen (secondary N) is 1. The third-order valence-corrected chi connectivity index (χ3v) is 1.77. The molecule has 14 heavy (non-hydrogen) atoms. The summed E-state index contributed by atoms with van der Waals surface area (Å²) in [7, 11) is 0. The van der Waals surface area contributed by atoms with Crippen molar-refractivity contribution in [2.45, 2.75) is 31.6 Å². The van der Waals surface area contributed by atoms with Crippen LogP contribution in [0.5, 0.6) is 0 Å². The number of esters is 1. The maximum Gasteiger partial charge on any atom is 0.328 e. The van der Waals surface area contributed by atoms with Crippen LogP contribution in [0.2, 0.25) is 0 Å². The van der Waals surface area contributed by atoms with E-state index < -0.39 is 24.4 Å². The van der Waals surface area contributed by atoms with E-state index in [0.29, 0.717) is 12.8 Å². The van der Waals surface area contributed by atoms with Gasteiger partial charge in [0.15, 0.2) is 5.79 Å². The van der Waals surface area contributed by atoms with Crippen LogP contribution in [0.4, 0.5) is 0 Å². The molecule has 3 N–H and O–H groups in total. The molecule has 0 aromatic heterocycles. The van der Waals surface area contributed by atoms with Crippen molar-refractivity contribution in [3.8, 4) is 0 Å². The third-order valence-electron chi connectivity index (χ3n) is 1.77. The van der Waals surface area contributed by atoms with Gasteiger partial charge >= 0.3 is 5.97 Å². The zero-order valence-electron chi connectivity index (χ0n) is 7.82. The van der Waals surface area contributed by atoms with Crippen LogP contribution in [0.15, 0.2) is 0 Å². The monoisotopic (exact) mass is 203 g/mol. The Morgan fingerprint density at radius 2 is 2.36 bits per heavy atom. The van der Waals surface area contributed by atoms with Gasteiger partial charge in [0, 0.05) is 6.42 Å². The standard InChI is InChI=1S/C8H13NO5/c1-8(12,13)4-14-7(11)5-2-3-6(10)9-5/h5,12-13H,2-4H2,1H3,(H,9,10). The van der Waals surface area contributed by atoms with Crippen LogP contribution in [-0.4, -0.2) is 40.5 Å². The number of hydrogen-bond donors (Lipinski definition) is 3. The van der Waals surface area contributed by atoms with E-state index in [1.165, 1.54) is 0 Å². The molecule has 6 heteroatoms. The van der Waals surface area contributed by atoms with Crippen LogP contribution in [0, 0.1) is 0 Å². The lowest BCUT2D eigenvalue weighted by Crippen LogP contribution is -2.38. The Morgan fingerprint density at radius 3 is 2.79 bits per heavy atom. The van der Waals surface area contributed by atoms with Gasteiger partial charge in [-0.25, -0.2) is 4.79 Å². The molecule has 1 aliphatic heterocycles. The zero-order chi connectivity index (χ0) is 10.8. The number of ether oxygens (including phenoxy) is 1. The van der Waals surface area contributed by atoms with Crippen LogP contribution in [0.3, 0.4) is 0 Å². The number of aliphatic hydroxyl groups is 2. The second-order valence-electron chi connectivity index (χ2n) is 3.48. The predicted octanol–water partition coefficient (Wildman–Crippen LogP) is -1.49. The maximum atomic E-state index is 11.2. The van der Waals surface area contributed by atoms with Gasteiger partial charge < -0.3 is 20.3 Å². The van der Waals surface area contributed by atoms with Gasteiger partial charge in [0.05, 0.1) is 0 Å². The molecule has 1 aliphatic rings. The molecule has 0 spiro atoms. The van der Waals surface area contributed by atoms with Crippen molar-refractivity contribution >= 4 is 11.9 Å². The number of rotatable bonds is 3. The van der Waals surface area contributed by atoms with Crippen molar-refractivity contribution in [1.29, 1.82) is 0 Å². The van der Waals surface area contributed by atoms with Crippen molar-refractivity contribution < 1.29 is 24.5 Å². The summed E-state index contributed by atoms with van der Waals surface area (Å²) in [5.41, 5.74) is 0. The molecule has 1 unspecified atom stereocenters. The minimum atomic E-state index is -2.03. The average molecular weight is 203 g/mol. The molecular weight excluding hydrogens is 190 g/mol. The quantitative estimate of drug-likeness (QED) is 0.383. The fraction of sp³-hybridized carbons (Fsp3) is 0.750. The lowest BCUT2D eigenvalue weighted by atomic mass is 10.2. The summed E-state index contributed by atoms with van der Waals surface area (Å²) in [4.78, 5) is 21.9. The number of amides is 1. The molecule has 80 valence electrons. The van der Waals surface area contributed by atoms with Gasteiger partial charge in [-0.05, 0) is 13.3 Å². The van der Waals surface area contributed by atoms with Crippen LogP contribution >= 0.6 is 0 Å². The Labute approximate surface area is 80.9 Å². The van der Waals surface area contributed by atoms with E-state index in [4.69, 9.17) is 10.2 Å². The molecule has 0 aliphatic carbocycles. The smallest absolute Gasteiger partial charge is 0.328 e. The molecule has 1 rings (SSSR count). The molecule has 1 fully saturated rings. The highest BCUT2D eigenvalue weighted by Gasteiger charge is 2.29. The molecule has 6 nitrogen and oxygen atoms in total. The van der Waals surface area contributed by atoms with Gasteiger partial charge in [0.1, 0.15) is 12.6 Å². The lowest BCUT2D eigenvalue weighted by molar-refractivity contribution is -0.193. The molecular formula is C8H13NO5.